The van der Waals surface area contributed by atoms with Gasteiger partial charge in [0, 0.05) is 17.3 Å². The molecule has 0 aliphatic heterocycles. The van der Waals surface area contributed by atoms with Gasteiger partial charge in [0.2, 0.25) is 0 Å². The highest BCUT2D eigenvalue weighted by Gasteiger charge is 2.40. The molecule has 0 N–H and O–H groups in total. The summed E-state index contributed by atoms with van der Waals surface area (Å²) in [4.78, 5) is 5.15. The second-order valence-electron chi connectivity index (χ2n) is 7.86. The summed E-state index contributed by atoms with van der Waals surface area (Å²) in [6.07, 6.45) is 9.41. The van der Waals surface area contributed by atoms with Crippen LogP contribution < -0.4 is 0 Å². The van der Waals surface area contributed by atoms with E-state index in [2.05, 4.69) is 20.8 Å². The van der Waals surface area contributed by atoms with Crippen LogP contribution in [0.5, 0.6) is 0 Å². The Morgan fingerprint density at radius 3 is 2.21 bits per heavy atom. The largest absolute Gasteiger partial charge is 0.257 e. The van der Waals surface area contributed by atoms with E-state index >= 15 is 0 Å². The molecule has 0 unspecified atom stereocenters. The number of aromatic nitrogens is 1. The summed E-state index contributed by atoms with van der Waals surface area (Å²) in [5, 5.41) is 0. The molecule has 1 heteroatoms. The first-order valence-electron chi connectivity index (χ1n) is 8.11. The Hall–Kier alpha value is -0.850. The molecule has 1 nitrogen and oxygen atoms in total. The minimum absolute atomic E-state index is 0.291. The summed E-state index contributed by atoms with van der Waals surface area (Å²) in [6.45, 7) is 7.22. The molecule has 2 fully saturated rings. The van der Waals surface area contributed by atoms with Crippen LogP contribution >= 0.6 is 0 Å². The number of nitrogens with zero attached hydrogens (tertiary/aromatic N) is 1. The Morgan fingerprint density at radius 2 is 1.63 bits per heavy atom. The standard InChI is InChI=1S/C18H25N/c1-18(2,3)16-13-5-4-6-14(13)19-17(12-9-10-12)15(16)11-7-8-11/h11-12H,4-10H2,1-3H3. The van der Waals surface area contributed by atoms with Crippen LogP contribution in [0.15, 0.2) is 0 Å². The lowest BCUT2D eigenvalue weighted by atomic mass is 9.78. The molecule has 102 valence electrons. The van der Waals surface area contributed by atoms with Gasteiger partial charge in [-0.3, -0.25) is 4.98 Å². The van der Waals surface area contributed by atoms with E-state index in [-0.39, 0.29) is 0 Å². The summed E-state index contributed by atoms with van der Waals surface area (Å²) < 4.78 is 0. The van der Waals surface area contributed by atoms with Gasteiger partial charge in [-0.15, -0.1) is 0 Å². The Bertz CT molecular complexity index is 528. The first-order chi connectivity index (χ1) is 9.05. The molecule has 3 aliphatic rings. The van der Waals surface area contributed by atoms with Crippen molar-refractivity contribution in [3.8, 4) is 0 Å². The number of pyridine rings is 1. The first-order valence-corrected chi connectivity index (χ1v) is 8.11. The highest BCUT2D eigenvalue weighted by atomic mass is 14.8. The van der Waals surface area contributed by atoms with Crippen LogP contribution in [0, 0.1) is 0 Å². The quantitative estimate of drug-likeness (QED) is 0.751. The molecule has 0 bridgehead atoms. The number of hydrogen-bond donors (Lipinski definition) is 0. The molecule has 0 aromatic carbocycles. The van der Waals surface area contributed by atoms with Gasteiger partial charge in [-0.1, -0.05) is 20.8 Å². The van der Waals surface area contributed by atoms with Gasteiger partial charge in [0.25, 0.3) is 0 Å². The van der Waals surface area contributed by atoms with Crippen molar-refractivity contribution >= 4 is 0 Å². The van der Waals surface area contributed by atoms with Crippen LogP contribution in [0.25, 0.3) is 0 Å². The van der Waals surface area contributed by atoms with E-state index < -0.39 is 0 Å². The van der Waals surface area contributed by atoms with Crippen LogP contribution in [-0.4, -0.2) is 4.98 Å². The third kappa shape index (κ3) is 1.93. The van der Waals surface area contributed by atoms with Gasteiger partial charge in [0.05, 0.1) is 0 Å². The minimum atomic E-state index is 0.291. The third-order valence-electron chi connectivity index (χ3n) is 4.99. The molecule has 1 aromatic heterocycles. The number of aryl methyl sites for hydroxylation is 1. The Balaban J connectivity index is 1.98. The molecule has 0 amide bonds. The Labute approximate surface area is 116 Å². The lowest BCUT2D eigenvalue weighted by Crippen LogP contribution is -2.20. The number of hydrogen-bond acceptors (Lipinski definition) is 1. The molecule has 2 saturated carbocycles. The zero-order valence-electron chi connectivity index (χ0n) is 12.6. The Kier molecular flexibility index (Phi) is 2.41. The molecule has 19 heavy (non-hydrogen) atoms. The fourth-order valence-electron chi connectivity index (χ4n) is 3.93. The second kappa shape index (κ2) is 3.84. The van der Waals surface area contributed by atoms with Crippen LogP contribution in [0.4, 0.5) is 0 Å². The summed E-state index contributed by atoms with van der Waals surface area (Å²) in [5.41, 5.74) is 8.32. The molecule has 1 aromatic rings. The molecular weight excluding hydrogens is 230 g/mol. The van der Waals surface area contributed by atoms with Crippen molar-refractivity contribution in [2.24, 2.45) is 0 Å². The van der Waals surface area contributed by atoms with E-state index in [0.717, 1.165) is 11.8 Å². The normalized spacial score (nSPS) is 22.7. The maximum atomic E-state index is 5.15. The average Bonchev–Trinajstić information content (AvgIpc) is 3.22. The predicted molar refractivity (Wildman–Crippen MR) is 78.9 cm³/mol. The van der Waals surface area contributed by atoms with Crippen molar-refractivity contribution in [3.05, 3.63) is 28.1 Å². The molecule has 0 atom stereocenters. The van der Waals surface area contributed by atoms with Crippen molar-refractivity contribution in [3.63, 3.8) is 0 Å². The lowest BCUT2D eigenvalue weighted by molar-refractivity contribution is 0.571. The monoisotopic (exact) mass is 255 g/mol. The van der Waals surface area contributed by atoms with Crippen molar-refractivity contribution in [2.75, 3.05) is 0 Å². The van der Waals surface area contributed by atoms with Gasteiger partial charge in [0.1, 0.15) is 0 Å². The van der Waals surface area contributed by atoms with E-state index in [1.165, 1.54) is 56.3 Å². The topological polar surface area (TPSA) is 12.9 Å². The van der Waals surface area contributed by atoms with E-state index in [9.17, 15) is 0 Å². The molecule has 0 saturated heterocycles. The summed E-state index contributed by atoms with van der Waals surface area (Å²) in [7, 11) is 0. The van der Waals surface area contributed by atoms with Crippen LogP contribution in [-0.2, 0) is 18.3 Å². The van der Waals surface area contributed by atoms with Gasteiger partial charge in [0.15, 0.2) is 0 Å². The van der Waals surface area contributed by atoms with Crippen molar-refractivity contribution < 1.29 is 0 Å². The first kappa shape index (κ1) is 11.9. The van der Waals surface area contributed by atoms with Crippen molar-refractivity contribution in [1.29, 1.82) is 0 Å². The summed E-state index contributed by atoms with van der Waals surface area (Å²) in [5.74, 6) is 1.66. The molecular formula is C18H25N. The Morgan fingerprint density at radius 1 is 0.947 bits per heavy atom. The SMILES string of the molecule is CC(C)(C)c1c2c(nc(C3CC3)c1C1CC1)CCC2. The maximum absolute atomic E-state index is 5.15. The van der Waals surface area contributed by atoms with E-state index in [0.29, 0.717) is 5.41 Å². The average molecular weight is 255 g/mol. The highest BCUT2D eigenvalue weighted by molar-refractivity contribution is 5.51. The van der Waals surface area contributed by atoms with Gasteiger partial charge in [-0.25, -0.2) is 0 Å². The lowest BCUT2D eigenvalue weighted by Gasteiger charge is -2.28. The van der Waals surface area contributed by atoms with Crippen molar-refractivity contribution in [2.45, 2.75) is 83.0 Å². The summed E-state index contributed by atoms with van der Waals surface area (Å²) >= 11 is 0. The number of rotatable bonds is 2. The summed E-state index contributed by atoms with van der Waals surface area (Å²) in [6, 6.07) is 0. The zero-order valence-corrected chi connectivity index (χ0v) is 12.6. The molecule has 0 spiro atoms. The van der Waals surface area contributed by atoms with Crippen LogP contribution in [0.3, 0.4) is 0 Å². The van der Waals surface area contributed by atoms with Gasteiger partial charge in [-0.05, 0) is 73.0 Å². The van der Waals surface area contributed by atoms with E-state index in [1.807, 2.05) is 0 Å². The van der Waals surface area contributed by atoms with Crippen LogP contribution in [0.1, 0.15) is 92.8 Å². The van der Waals surface area contributed by atoms with Gasteiger partial charge < -0.3 is 0 Å². The van der Waals surface area contributed by atoms with Crippen LogP contribution in [0.2, 0.25) is 0 Å². The minimum Gasteiger partial charge on any atom is -0.257 e. The third-order valence-corrected chi connectivity index (χ3v) is 4.99. The van der Waals surface area contributed by atoms with E-state index in [4.69, 9.17) is 4.98 Å². The second-order valence-corrected chi connectivity index (χ2v) is 7.86. The predicted octanol–water partition coefficient (Wildman–Crippen LogP) is 4.62. The molecule has 0 radical (unpaired) electrons. The van der Waals surface area contributed by atoms with Gasteiger partial charge >= 0.3 is 0 Å². The van der Waals surface area contributed by atoms with E-state index in [1.54, 1.807) is 16.7 Å². The highest BCUT2D eigenvalue weighted by Crippen LogP contribution is 2.53. The van der Waals surface area contributed by atoms with Crippen molar-refractivity contribution in [1.82, 2.24) is 4.98 Å². The molecule has 3 aliphatic carbocycles. The smallest absolute Gasteiger partial charge is 0.0475 e. The molecule has 4 rings (SSSR count). The fraction of sp³-hybridized carbons (Fsp3) is 0.722. The van der Waals surface area contributed by atoms with Gasteiger partial charge in [-0.2, -0.15) is 0 Å². The maximum Gasteiger partial charge on any atom is 0.0475 e. The molecule has 1 heterocycles. The number of fused-ring (bicyclic) bond motifs is 1. The zero-order chi connectivity index (χ0) is 13.2. The fourth-order valence-corrected chi connectivity index (χ4v) is 3.93.